The van der Waals surface area contributed by atoms with Crippen molar-refractivity contribution < 1.29 is 18.3 Å². The number of allylic oxidation sites excluding steroid dienone is 1. The van der Waals surface area contributed by atoms with E-state index in [1.165, 1.54) is 6.07 Å². The van der Waals surface area contributed by atoms with Crippen molar-refractivity contribution >= 4 is 40.6 Å². The quantitative estimate of drug-likeness (QED) is 0.619. The number of ether oxygens (including phenoxy) is 1. The zero-order valence-corrected chi connectivity index (χ0v) is 19.1. The summed E-state index contributed by atoms with van der Waals surface area (Å²) in [6.07, 6.45) is 1.46. The van der Waals surface area contributed by atoms with E-state index in [0.717, 1.165) is 5.56 Å². The van der Waals surface area contributed by atoms with Crippen molar-refractivity contribution in [2.24, 2.45) is 4.99 Å². The normalized spacial score (nSPS) is 23.2. The fraction of sp³-hybridized carbons (Fsp3) is 0.333. The van der Waals surface area contributed by atoms with Gasteiger partial charge in [-0.1, -0.05) is 47.5 Å². The number of hydrogen-bond donors (Lipinski definition) is 0. The van der Waals surface area contributed by atoms with E-state index in [-0.39, 0.29) is 34.6 Å². The van der Waals surface area contributed by atoms with Crippen molar-refractivity contribution in [3.63, 3.8) is 0 Å². The molecule has 0 N–H and O–H groups in total. The molecule has 172 valence electrons. The van der Waals surface area contributed by atoms with Crippen LogP contribution in [0.4, 0.5) is 8.78 Å². The van der Waals surface area contributed by atoms with Crippen molar-refractivity contribution in [1.82, 2.24) is 9.80 Å². The van der Waals surface area contributed by atoms with E-state index >= 15 is 0 Å². The molecule has 3 heterocycles. The molecule has 0 aromatic heterocycles. The van der Waals surface area contributed by atoms with Crippen molar-refractivity contribution in [1.29, 1.82) is 0 Å². The number of benzene rings is 2. The maximum absolute atomic E-state index is 14.0. The second-order valence-electron chi connectivity index (χ2n) is 8.31. The van der Waals surface area contributed by atoms with Crippen LogP contribution in [0.1, 0.15) is 27.6 Å². The molecule has 5 nitrogen and oxygen atoms in total. The van der Waals surface area contributed by atoms with Gasteiger partial charge in [0.05, 0.1) is 40.9 Å². The molecule has 0 saturated carbocycles. The van der Waals surface area contributed by atoms with Gasteiger partial charge < -0.3 is 9.64 Å². The Morgan fingerprint density at radius 2 is 1.97 bits per heavy atom. The fourth-order valence-corrected chi connectivity index (χ4v) is 5.06. The maximum atomic E-state index is 14.0. The molecular weight excluding hydrogens is 471 g/mol. The Morgan fingerprint density at radius 3 is 2.73 bits per heavy atom. The van der Waals surface area contributed by atoms with Crippen LogP contribution in [-0.2, 0) is 4.74 Å². The van der Waals surface area contributed by atoms with E-state index in [2.05, 4.69) is 9.89 Å². The number of aliphatic imine (C=N–C) groups is 1. The van der Waals surface area contributed by atoms with Crippen molar-refractivity contribution in [2.75, 3.05) is 39.3 Å². The number of carbonyl (C=O) groups excluding carboxylic acids is 1. The standard InChI is InChI=1S/C24H21Cl2F2N3O2/c25-19-10-14(4-5-20(19)27)21-12-30-8-9-31(11-15(30)13-33-21)24(32)18-3-1-2-16(22(18)26)17-6-7-29-23(17)28/h1-6,10,15,21H,7-9,11-13H2/t15-,21-/m0/s1. The molecule has 0 aliphatic carbocycles. The van der Waals surface area contributed by atoms with Crippen LogP contribution in [0.5, 0.6) is 0 Å². The smallest absolute Gasteiger partial charge is 0.255 e. The van der Waals surface area contributed by atoms with Crippen LogP contribution < -0.4 is 0 Å². The maximum Gasteiger partial charge on any atom is 0.255 e. The van der Waals surface area contributed by atoms with Crippen molar-refractivity contribution in [2.45, 2.75) is 12.1 Å². The van der Waals surface area contributed by atoms with Crippen LogP contribution in [-0.4, -0.2) is 67.0 Å². The average Bonchev–Trinajstić information content (AvgIpc) is 3.25. The second kappa shape index (κ2) is 9.14. The van der Waals surface area contributed by atoms with Gasteiger partial charge in [-0.05, 0) is 23.8 Å². The molecule has 0 spiro atoms. The number of amides is 1. The van der Waals surface area contributed by atoms with Gasteiger partial charge >= 0.3 is 0 Å². The van der Waals surface area contributed by atoms with E-state index in [1.54, 1.807) is 41.3 Å². The van der Waals surface area contributed by atoms with Gasteiger partial charge in [0.1, 0.15) is 5.82 Å². The topological polar surface area (TPSA) is 45.1 Å². The summed E-state index contributed by atoms with van der Waals surface area (Å²) in [7, 11) is 0. The number of hydrogen-bond acceptors (Lipinski definition) is 4. The summed E-state index contributed by atoms with van der Waals surface area (Å²) >= 11 is 12.5. The Morgan fingerprint density at radius 1 is 1.12 bits per heavy atom. The Kier molecular flexibility index (Phi) is 6.22. The minimum atomic E-state index is -0.563. The van der Waals surface area contributed by atoms with Crippen molar-refractivity contribution in [3.8, 4) is 0 Å². The third-order valence-corrected chi connectivity index (χ3v) is 7.06. The van der Waals surface area contributed by atoms with Gasteiger partial charge in [-0.2, -0.15) is 4.39 Å². The first kappa shape index (κ1) is 22.5. The zero-order valence-electron chi connectivity index (χ0n) is 17.6. The molecule has 2 aromatic carbocycles. The first-order valence-electron chi connectivity index (χ1n) is 10.7. The minimum Gasteiger partial charge on any atom is -0.370 e. The summed E-state index contributed by atoms with van der Waals surface area (Å²) in [6.45, 7) is 3.04. The number of piperazine rings is 1. The average molecular weight is 492 g/mol. The molecule has 0 bridgehead atoms. The molecule has 3 aliphatic heterocycles. The highest BCUT2D eigenvalue weighted by Crippen LogP contribution is 2.33. The highest BCUT2D eigenvalue weighted by molar-refractivity contribution is 6.37. The van der Waals surface area contributed by atoms with Gasteiger partial charge in [0, 0.05) is 37.3 Å². The lowest BCUT2D eigenvalue weighted by Crippen LogP contribution is -2.59. The van der Waals surface area contributed by atoms with Crippen LogP contribution in [0.3, 0.4) is 0 Å². The summed E-state index contributed by atoms with van der Waals surface area (Å²) in [6, 6.07) is 9.74. The van der Waals surface area contributed by atoms with Crippen molar-refractivity contribution in [3.05, 3.63) is 75.0 Å². The Labute approximate surface area is 200 Å². The lowest BCUT2D eigenvalue weighted by molar-refractivity contribution is -0.0858. The number of halogens is 4. The van der Waals surface area contributed by atoms with E-state index in [0.29, 0.717) is 49.5 Å². The molecule has 2 aromatic rings. The van der Waals surface area contributed by atoms with Gasteiger partial charge in [0.2, 0.25) is 5.97 Å². The summed E-state index contributed by atoms with van der Waals surface area (Å²) < 4.78 is 33.5. The van der Waals surface area contributed by atoms with Crippen LogP contribution >= 0.6 is 23.2 Å². The van der Waals surface area contributed by atoms with Crippen LogP contribution in [0.25, 0.3) is 5.57 Å². The predicted octanol–water partition coefficient (Wildman–Crippen LogP) is 4.80. The molecule has 1 amide bonds. The third-order valence-electron chi connectivity index (χ3n) is 6.36. The number of nitrogens with zero attached hydrogens (tertiary/aromatic N) is 3. The van der Waals surface area contributed by atoms with Crippen LogP contribution in [0, 0.1) is 5.82 Å². The summed E-state index contributed by atoms with van der Waals surface area (Å²) in [5.74, 6) is -1.21. The van der Waals surface area contributed by atoms with Gasteiger partial charge in [-0.25, -0.2) is 4.39 Å². The molecule has 2 saturated heterocycles. The monoisotopic (exact) mass is 491 g/mol. The molecule has 2 fully saturated rings. The lowest BCUT2D eigenvalue weighted by Gasteiger charge is -2.46. The highest BCUT2D eigenvalue weighted by atomic mass is 35.5. The number of rotatable bonds is 3. The molecule has 5 rings (SSSR count). The molecule has 2 atom stereocenters. The SMILES string of the molecule is O=C(c1cccc(C2=CCN=C2F)c1Cl)N1CCN2C[C@@H](c3ccc(F)c(Cl)c3)OC[C@@H]2C1. The zero-order chi connectivity index (χ0) is 23.1. The van der Waals surface area contributed by atoms with E-state index in [1.807, 2.05) is 0 Å². The van der Waals surface area contributed by atoms with Gasteiger partial charge in [0.25, 0.3) is 5.91 Å². The molecule has 9 heteroatoms. The van der Waals surface area contributed by atoms with E-state index < -0.39 is 11.8 Å². The van der Waals surface area contributed by atoms with Crippen LogP contribution in [0.15, 0.2) is 47.5 Å². The Hall–Kier alpha value is -2.32. The molecule has 0 radical (unpaired) electrons. The second-order valence-corrected chi connectivity index (χ2v) is 9.10. The van der Waals surface area contributed by atoms with Gasteiger partial charge in [-0.3, -0.25) is 14.7 Å². The minimum absolute atomic E-state index is 0.0407. The highest BCUT2D eigenvalue weighted by Gasteiger charge is 2.36. The Balaban J connectivity index is 1.28. The number of carbonyl (C=O) groups is 1. The summed E-state index contributed by atoms with van der Waals surface area (Å²) in [5, 5.41) is 0.309. The first-order chi connectivity index (χ1) is 15.9. The summed E-state index contributed by atoms with van der Waals surface area (Å²) in [5.41, 5.74) is 1.98. The number of fused-ring (bicyclic) bond motifs is 1. The molecule has 3 aliphatic rings. The first-order valence-corrected chi connectivity index (χ1v) is 11.5. The van der Waals surface area contributed by atoms with E-state index in [4.69, 9.17) is 27.9 Å². The molecule has 33 heavy (non-hydrogen) atoms. The largest absolute Gasteiger partial charge is 0.370 e. The molecular formula is C24H21Cl2F2N3O2. The van der Waals surface area contributed by atoms with E-state index in [9.17, 15) is 13.6 Å². The predicted molar refractivity (Wildman–Crippen MR) is 124 cm³/mol. The van der Waals surface area contributed by atoms with Gasteiger partial charge in [-0.15, -0.1) is 0 Å². The van der Waals surface area contributed by atoms with Crippen LogP contribution in [0.2, 0.25) is 10.0 Å². The lowest BCUT2D eigenvalue weighted by atomic mass is 10.0. The Bertz CT molecular complexity index is 1170. The fourth-order valence-electron chi connectivity index (χ4n) is 4.57. The molecule has 0 unspecified atom stereocenters. The summed E-state index contributed by atoms with van der Waals surface area (Å²) in [4.78, 5) is 21.1. The third kappa shape index (κ3) is 4.30. The van der Waals surface area contributed by atoms with Gasteiger partial charge in [0.15, 0.2) is 0 Å². The number of morpholine rings is 1.